The molecule has 0 radical (unpaired) electrons. The predicted octanol–water partition coefficient (Wildman–Crippen LogP) is 2.79. The van der Waals surface area contributed by atoms with Crippen LogP contribution in [0, 0.1) is 0 Å². The first-order valence-corrected chi connectivity index (χ1v) is 7.56. The first kappa shape index (κ1) is 18.3. The number of benzene rings is 1. The van der Waals surface area contributed by atoms with Gasteiger partial charge in [0, 0.05) is 17.6 Å². The van der Waals surface area contributed by atoms with Crippen LogP contribution in [0.4, 0.5) is 13.2 Å². The standard InChI is InChI=1S/C14H17NO2.C2HF3O2/c16-9-10-1-5-13(6-2-10)17-14-7-11-3-4-12(8-14)15-11;3-2(4,5)1(6)7/h1-2,5-6,9,11-12,14-15H,3-4,7-8H2;(H,6,7)/t11-,12+,14?;. The average molecular weight is 345 g/mol. The van der Waals surface area contributed by atoms with Crippen molar-refractivity contribution in [3.05, 3.63) is 29.8 Å². The highest BCUT2D eigenvalue weighted by molar-refractivity contribution is 5.74. The zero-order valence-corrected chi connectivity index (χ0v) is 12.8. The summed E-state index contributed by atoms with van der Waals surface area (Å²) in [5.41, 5.74) is 0.697. The quantitative estimate of drug-likeness (QED) is 0.824. The molecule has 0 aromatic heterocycles. The lowest BCUT2D eigenvalue weighted by atomic mass is 10.0. The van der Waals surface area contributed by atoms with Crippen molar-refractivity contribution < 1.29 is 32.6 Å². The molecule has 8 heteroatoms. The molecular weight excluding hydrogens is 327 g/mol. The second-order valence-electron chi connectivity index (χ2n) is 5.84. The van der Waals surface area contributed by atoms with Crippen LogP contribution in [0.15, 0.2) is 24.3 Å². The topological polar surface area (TPSA) is 75.6 Å². The number of nitrogens with one attached hydrogen (secondary N) is 1. The van der Waals surface area contributed by atoms with E-state index < -0.39 is 12.1 Å². The number of hydrogen-bond donors (Lipinski definition) is 2. The van der Waals surface area contributed by atoms with E-state index in [2.05, 4.69) is 5.32 Å². The van der Waals surface area contributed by atoms with Crippen molar-refractivity contribution >= 4 is 12.3 Å². The number of carbonyl (C=O) groups is 2. The first-order chi connectivity index (χ1) is 11.3. The van der Waals surface area contributed by atoms with E-state index in [1.165, 1.54) is 12.8 Å². The summed E-state index contributed by atoms with van der Waals surface area (Å²) in [6.45, 7) is 0. The third-order valence-corrected chi connectivity index (χ3v) is 3.99. The number of aldehydes is 1. The second kappa shape index (κ2) is 7.65. The van der Waals surface area contributed by atoms with Gasteiger partial charge >= 0.3 is 12.1 Å². The Morgan fingerprint density at radius 2 is 1.67 bits per heavy atom. The van der Waals surface area contributed by atoms with E-state index >= 15 is 0 Å². The van der Waals surface area contributed by atoms with E-state index in [9.17, 15) is 18.0 Å². The molecule has 1 aromatic carbocycles. The van der Waals surface area contributed by atoms with Crippen LogP contribution in [0.3, 0.4) is 0 Å². The lowest BCUT2D eigenvalue weighted by molar-refractivity contribution is -0.192. The maximum Gasteiger partial charge on any atom is 0.490 e. The van der Waals surface area contributed by atoms with Crippen molar-refractivity contribution in [2.75, 3.05) is 0 Å². The van der Waals surface area contributed by atoms with Crippen LogP contribution < -0.4 is 10.1 Å². The van der Waals surface area contributed by atoms with E-state index in [1.807, 2.05) is 12.1 Å². The van der Waals surface area contributed by atoms with Crippen LogP contribution in [0.25, 0.3) is 0 Å². The Bertz CT molecular complexity index is 562. The van der Waals surface area contributed by atoms with Gasteiger partial charge in [0.2, 0.25) is 0 Å². The monoisotopic (exact) mass is 345 g/mol. The molecular formula is C16H18F3NO4. The van der Waals surface area contributed by atoms with Gasteiger partial charge in [-0.05, 0) is 49.9 Å². The number of fused-ring (bicyclic) bond motifs is 2. The van der Waals surface area contributed by atoms with E-state index in [0.29, 0.717) is 23.8 Å². The van der Waals surface area contributed by atoms with Crippen LogP contribution in [-0.2, 0) is 4.79 Å². The minimum absolute atomic E-state index is 0.329. The third kappa shape index (κ3) is 5.23. The van der Waals surface area contributed by atoms with Gasteiger partial charge in [0.15, 0.2) is 0 Å². The molecule has 2 saturated heterocycles. The zero-order valence-electron chi connectivity index (χ0n) is 12.8. The van der Waals surface area contributed by atoms with Gasteiger partial charge in [-0.15, -0.1) is 0 Å². The van der Waals surface area contributed by atoms with Gasteiger partial charge in [-0.1, -0.05) is 0 Å². The molecule has 3 atom stereocenters. The molecule has 2 heterocycles. The molecule has 1 aromatic rings. The van der Waals surface area contributed by atoms with Crippen molar-refractivity contribution in [2.45, 2.75) is 50.0 Å². The molecule has 3 rings (SSSR count). The number of carboxylic acid groups (broad SMARTS) is 1. The number of carboxylic acids is 1. The highest BCUT2D eigenvalue weighted by Gasteiger charge is 2.38. The second-order valence-corrected chi connectivity index (χ2v) is 5.84. The molecule has 24 heavy (non-hydrogen) atoms. The molecule has 2 bridgehead atoms. The third-order valence-electron chi connectivity index (χ3n) is 3.99. The van der Waals surface area contributed by atoms with E-state index in [0.717, 1.165) is 24.9 Å². The average Bonchev–Trinajstić information content (AvgIpc) is 2.86. The number of piperidine rings is 1. The van der Waals surface area contributed by atoms with Crippen LogP contribution in [0.2, 0.25) is 0 Å². The summed E-state index contributed by atoms with van der Waals surface area (Å²) in [6.07, 6.45) is 0.881. The lowest BCUT2D eigenvalue weighted by Crippen LogP contribution is -2.42. The molecule has 1 unspecified atom stereocenters. The van der Waals surface area contributed by atoms with Crippen molar-refractivity contribution in [1.29, 1.82) is 0 Å². The van der Waals surface area contributed by atoms with Gasteiger partial charge < -0.3 is 15.2 Å². The molecule has 2 N–H and O–H groups in total. The summed E-state index contributed by atoms with van der Waals surface area (Å²) in [6, 6.07) is 8.66. The molecule has 2 fully saturated rings. The maximum atomic E-state index is 10.6. The van der Waals surface area contributed by atoms with Crippen LogP contribution in [-0.4, -0.2) is 41.7 Å². The number of carbonyl (C=O) groups excluding carboxylic acids is 1. The summed E-state index contributed by atoms with van der Waals surface area (Å²) in [7, 11) is 0. The largest absolute Gasteiger partial charge is 0.490 e. The van der Waals surface area contributed by atoms with Gasteiger partial charge in [0.05, 0.1) is 0 Å². The van der Waals surface area contributed by atoms with Crippen molar-refractivity contribution in [3.8, 4) is 5.75 Å². The maximum absolute atomic E-state index is 10.6. The van der Waals surface area contributed by atoms with Crippen molar-refractivity contribution in [1.82, 2.24) is 5.32 Å². The zero-order chi connectivity index (χ0) is 17.7. The number of alkyl halides is 3. The Morgan fingerprint density at radius 3 is 2.08 bits per heavy atom. The minimum atomic E-state index is -5.08. The van der Waals surface area contributed by atoms with Gasteiger partial charge in [-0.2, -0.15) is 13.2 Å². The van der Waals surface area contributed by atoms with Crippen LogP contribution in [0.1, 0.15) is 36.0 Å². The smallest absolute Gasteiger partial charge is 0.490 e. The summed E-state index contributed by atoms with van der Waals surface area (Å²) in [5, 5.41) is 10.7. The Morgan fingerprint density at radius 1 is 1.17 bits per heavy atom. The number of ether oxygens (including phenoxy) is 1. The Hall–Kier alpha value is -2.09. The highest BCUT2D eigenvalue weighted by atomic mass is 19.4. The number of hydrogen-bond acceptors (Lipinski definition) is 4. The fourth-order valence-electron chi connectivity index (χ4n) is 2.92. The van der Waals surface area contributed by atoms with Gasteiger partial charge in [0.25, 0.3) is 0 Å². The highest BCUT2D eigenvalue weighted by Crippen LogP contribution is 2.29. The summed E-state index contributed by atoms with van der Waals surface area (Å²) < 4.78 is 37.7. The van der Waals surface area contributed by atoms with E-state index in [-0.39, 0.29) is 0 Å². The van der Waals surface area contributed by atoms with E-state index in [4.69, 9.17) is 14.6 Å². The Labute approximate surface area is 136 Å². The van der Waals surface area contributed by atoms with Gasteiger partial charge in [-0.25, -0.2) is 4.79 Å². The number of aliphatic carboxylic acids is 1. The molecule has 2 aliphatic heterocycles. The molecule has 5 nitrogen and oxygen atoms in total. The van der Waals surface area contributed by atoms with Gasteiger partial charge in [-0.3, -0.25) is 4.79 Å². The summed E-state index contributed by atoms with van der Waals surface area (Å²) >= 11 is 0. The Kier molecular flexibility index (Phi) is 5.82. The molecule has 0 aliphatic carbocycles. The molecule has 0 spiro atoms. The molecule has 2 aliphatic rings. The molecule has 0 amide bonds. The fourth-order valence-corrected chi connectivity index (χ4v) is 2.92. The predicted molar refractivity (Wildman–Crippen MR) is 79.1 cm³/mol. The SMILES string of the molecule is O=C(O)C(F)(F)F.O=Cc1ccc(OC2C[C@H]3CC[C@@H](C2)N3)cc1. The number of rotatable bonds is 3. The Balaban J connectivity index is 0.000000256. The van der Waals surface area contributed by atoms with Crippen LogP contribution >= 0.6 is 0 Å². The molecule has 132 valence electrons. The summed E-state index contributed by atoms with van der Waals surface area (Å²) in [4.78, 5) is 19.4. The van der Waals surface area contributed by atoms with Crippen molar-refractivity contribution in [3.63, 3.8) is 0 Å². The summed E-state index contributed by atoms with van der Waals surface area (Å²) in [5.74, 6) is -1.88. The first-order valence-electron chi connectivity index (χ1n) is 7.56. The number of halogens is 3. The lowest BCUT2D eigenvalue weighted by Gasteiger charge is -2.29. The van der Waals surface area contributed by atoms with Crippen LogP contribution in [0.5, 0.6) is 5.75 Å². The normalized spacial score (nSPS) is 25.4. The van der Waals surface area contributed by atoms with Crippen molar-refractivity contribution in [2.24, 2.45) is 0 Å². The minimum Gasteiger partial charge on any atom is -0.490 e. The molecule has 0 saturated carbocycles. The van der Waals surface area contributed by atoms with Gasteiger partial charge in [0.1, 0.15) is 18.1 Å². The fraction of sp³-hybridized carbons (Fsp3) is 0.500. The van der Waals surface area contributed by atoms with E-state index in [1.54, 1.807) is 12.1 Å².